The average Bonchev–Trinajstić information content (AvgIpc) is 2.52. The van der Waals surface area contributed by atoms with Gasteiger partial charge in [-0.25, -0.2) is 0 Å². The van der Waals surface area contributed by atoms with Crippen LogP contribution in [0.25, 0.3) is 0 Å². The number of benzene rings is 1. The molecule has 0 amide bonds. The van der Waals surface area contributed by atoms with Gasteiger partial charge in [0.25, 0.3) is 0 Å². The number of halogens is 1. The summed E-state index contributed by atoms with van der Waals surface area (Å²) in [6.07, 6.45) is 4.70. The van der Waals surface area contributed by atoms with Crippen molar-refractivity contribution < 1.29 is 4.74 Å². The average molecular weight is 349 g/mol. The molecule has 0 fully saturated rings. The van der Waals surface area contributed by atoms with Gasteiger partial charge in [-0.15, -0.1) is 0 Å². The number of rotatable bonds is 7. The molecule has 1 aromatic carbocycles. The second-order valence-corrected chi connectivity index (χ2v) is 5.91. The summed E-state index contributed by atoms with van der Waals surface area (Å²) in [6.45, 7) is 5.75. The Morgan fingerprint density at radius 2 is 2.19 bits per heavy atom. The van der Waals surface area contributed by atoms with Crippen LogP contribution in [0.3, 0.4) is 0 Å². The van der Waals surface area contributed by atoms with Gasteiger partial charge in [-0.05, 0) is 43.2 Å². The van der Waals surface area contributed by atoms with E-state index in [9.17, 15) is 0 Å². The highest BCUT2D eigenvalue weighted by Gasteiger charge is 2.08. The van der Waals surface area contributed by atoms with Gasteiger partial charge in [0.05, 0.1) is 6.61 Å². The first-order valence-corrected chi connectivity index (χ1v) is 8.04. The third kappa shape index (κ3) is 4.83. The number of hydrogen-bond acceptors (Lipinski definition) is 3. The predicted octanol–water partition coefficient (Wildman–Crippen LogP) is 4.48. The topological polar surface area (TPSA) is 34.1 Å². The quantitative estimate of drug-likeness (QED) is 0.800. The maximum absolute atomic E-state index is 5.81. The number of nitrogens with one attached hydrogen (secondary N) is 1. The molecule has 1 heterocycles. The minimum absolute atomic E-state index is 0.247. The van der Waals surface area contributed by atoms with E-state index in [-0.39, 0.29) is 6.04 Å². The molecule has 0 saturated carbocycles. The molecule has 112 valence electrons. The molecule has 3 nitrogen and oxygen atoms in total. The van der Waals surface area contributed by atoms with Crippen molar-refractivity contribution in [2.75, 3.05) is 6.61 Å². The van der Waals surface area contributed by atoms with Gasteiger partial charge < -0.3 is 10.1 Å². The van der Waals surface area contributed by atoms with E-state index in [4.69, 9.17) is 4.74 Å². The van der Waals surface area contributed by atoms with Gasteiger partial charge in [0.1, 0.15) is 5.75 Å². The number of hydrogen-bond donors (Lipinski definition) is 1. The van der Waals surface area contributed by atoms with Crippen LogP contribution in [0.15, 0.2) is 47.2 Å². The van der Waals surface area contributed by atoms with Crippen LogP contribution < -0.4 is 10.1 Å². The van der Waals surface area contributed by atoms with Crippen molar-refractivity contribution >= 4 is 15.9 Å². The lowest BCUT2D eigenvalue weighted by Crippen LogP contribution is -2.18. The number of aromatic nitrogens is 1. The summed E-state index contributed by atoms with van der Waals surface area (Å²) >= 11 is 3.52. The molecule has 1 N–H and O–H groups in total. The minimum Gasteiger partial charge on any atom is -0.493 e. The number of ether oxygens (including phenoxy) is 1. The zero-order valence-corrected chi connectivity index (χ0v) is 14.1. The molecule has 0 bridgehead atoms. The smallest absolute Gasteiger partial charge is 0.123 e. The second-order valence-electron chi connectivity index (χ2n) is 4.99. The summed E-state index contributed by atoms with van der Waals surface area (Å²) in [4.78, 5) is 4.16. The van der Waals surface area contributed by atoms with Gasteiger partial charge in [-0.3, -0.25) is 4.98 Å². The van der Waals surface area contributed by atoms with E-state index in [1.165, 1.54) is 5.56 Å². The summed E-state index contributed by atoms with van der Waals surface area (Å²) in [6, 6.07) is 10.4. The Morgan fingerprint density at radius 3 is 2.90 bits per heavy atom. The summed E-state index contributed by atoms with van der Waals surface area (Å²) in [5, 5.41) is 3.52. The predicted molar refractivity (Wildman–Crippen MR) is 89.4 cm³/mol. The molecular formula is C17H21BrN2O. The fraction of sp³-hybridized carbons (Fsp3) is 0.353. The fourth-order valence-electron chi connectivity index (χ4n) is 2.05. The highest BCUT2D eigenvalue weighted by atomic mass is 79.9. The van der Waals surface area contributed by atoms with Crippen LogP contribution in [-0.2, 0) is 6.54 Å². The number of pyridine rings is 1. The van der Waals surface area contributed by atoms with Crippen LogP contribution in [0.5, 0.6) is 5.75 Å². The monoisotopic (exact) mass is 348 g/mol. The summed E-state index contributed by atoms with van der Waals surface area (Å²) in [7, 11) is 0. The Morgan fingerprint density at radius 1 is 1.33 bits per heavy atom. The second kappa shape index (κ2) is 8.15. The van der Waals surface area contributed by atoms with Crippen LogP contribution >= 0.6 is 15.9 Å². The standard InChI is InChI=1S/C17H21BrN2O/c1-3-9-21-17-7-6-16(18)10-15(17)12-20-13(2)14-5-4-8-19-11-14/h4-8,10-11,13,20H,3,9,12H2,1-2H3/t13-/m0/s1. The van der Waals surface area contributed by atoms with Gasteiger partial charge in [0, 0.05) is 35.0 Å². The minimum atomic E-state index is 0.247. The van der Waals surface area contributed by atoms with E-state index >= 15 is 0 Å². The summed E-state index contributed by atoms with van der Waals surface area (Å²) in [5.74, 6) is 0.950. The van der Waals surface area contributed by atoms with Gasteiger partial charge in [0.15, 0.2) is 0 Å². The van der Waals surface area contributed by atoms with Crippen molar-refractivity contribution in [3.05, 3.63) is 58.3 Å². The third-order valence-electron chi connectivity index (χ3n) is 3.27. The first-order chi connectivity index (χ1) is 10.2. The first kappa shape index (κ1) is 16.0. The SMILES string of the molecule is CCCOc1ccc(Br)cc1CN[C@@H](C)c1cccnc1. The van der Waals surface area contributed by atoms with Crippen molar-refractivity contribution in [2.45, 2.75) is 32.9 Å². The molecule has 2 aromatic rings. The molecule has 0 unspecified atom stereocenters. The van der Waals surface area contributed by atoms with E-state index in [1.807, 2.05) is 24.4 Å². The zero-order valence-electron chi connectivity index (χ0n) is 12.5. The van der Waals surface area contributed by atoms with Gasteiger partial charge in [-0.2, -0.15) is 0 Å². The lowest BCUT2D eigenvalue weighted by atomic mass is 10.1. The van der Waals surface area contributed by atoms with Crippen LogP contribution in [0.1, 0.15) is 37.4 Å². The lowest BCUT2D eigenvalue weighted by molar-refractivity contribution is 0.312. The van der Waals surface area contributed by atoms with E-state index in [0.717, 1.165) is 35.4 Å². The number of nitrogens with zero attached hydrogens (tertiary/aromatic N) is 1. The molecule has 1 atom stereocenters. The lowest BCUT2D eigenvalue weighted by Gasteiger charge is -2.16. The molecule has 2 rings (SSSR count). The Bertz CT molecular complexity index is 560. The largest absolute Gasteiger partial charge is 0.493 e. The zero-order chi connectivity index (χ0) is 15.1. The van der Waals surface area contributed by atoms with E-state index in [2.05, 4.69) is 52.2 Å². The Labute approximate surface area is 134 Å². The molecular weight excluding hydrogens is 328 g/mol. The van der Waals surface area contributed by atoms with Crippen LogP contribution in [-0.4, -0.2) is 11.6 Å². The molecule has 0 radical (unpaired) electrons. The van der Waals surface area contributed by atoms with E-state index in [0.29, 0.717) is 0 Å². The van der Waals surface area contributed by atoms with Gasteiger partial charge in [-0.1, -0.05) is 28.9 Å². The molecule has 0 aliphatic rings. The highest BCUT2D eigenvalue weighted by Crippen LogP contribution is 2.24. The van der Waals surface area contributed by atoms with Crippen molar-refractivity contribution in [1.29, 1.82) is 0 Å². The van der Waals surface area contributed by atoms with Gasteiger partial charge in [0.2, 0.25) is 0 Å². The Balaban J connectivity index is 2.03. The van der Waals surface area contributed by atoms with Crippen molar-refractivity contribution in [2.24, 2.45) is 0 Å². The molecule has 0 spiro atoms. The molecule has 0 aliphatic carbocycles. The van der Waals surface area contributed by atoms with Crippen LogP contribution in [0.2, 0.25) is 0 Å². The van der Waals surface area contributed by atoms with Crippen molar-refractivity contribution in [1.82, 2.24) is 10.3 Å². The van der Waals surface area contributed by atoms with Crippen LogP contribution in [0, 0.1) is 0 Å². The van der Waals surface area contributed by atoms with E-state index < -0.39 is 0 Å². The maximum atomic E-state index is 5.81. The summed E-state index contributed by atoms with van der Waals surface area (Å²) in [5.41, 5.74) is 2.34. The van der Waals surface area contributed by atoms with Crippen LogP contribution in [0.4, 0.5) is 0 Å². The molecule has 0 saturated heterocycles. The summed E-state index contributed by atoms with van der Waals surface area (Å²) < 4.78 is 6.87. The van der Waals surface area contributed by atoms with E-state index in [1.54, 1.807) is 6.20 Å². The maximum Gasteiger partial charge on any atom is 0.123 e. The first-order valence-electron chi connectivity index (χ1n) is 7.25. The van der Waals surface area contributed by atoms with Crippen molar-refractivity contribution in [3.8, 4) is 5.75 Å². The molecule has 21 heavy (non-hydrogen) atoms. The molecule has 1 aromatic heterocycles. The Kier molecular flexibility index (Phi) is 6.21. The molecule has 0 aliphatic heterocycles. The van der Waals surface area contributed by atoms with Crippen molar-refractivity contribution in [3.63, 3.8) is 0 Å². The molecule has 4 heteroatoms. The van der Waals surface area contributed by atoms with Gasteiger partial charge >= 0.3 is 0 Å². The fourth-order valence-corrected chi connectivity index (χ4v) is 2.46. The normalized spacial score (nSPS) is 12.1. The third-order valence-corrected chi connectivity index (χ3v) is 3.76. The Hall–Kier alpha value is -1.39. The highest BCUT2D eigenvalue weighted by molar-refractivity contribution is 9.10.